The molecular weight excluding hydrogens is 228 g/mol. The summed E-state index contributed by atoms with van der Waals surface area (Å²) in [7, 11) is 0. The van der Waals surface area contributed by atoms with Crippen LogP contribution in [0, 0.1) is 5.92 Å². The average Bonchev–Trinajstić information content (AvgIpc) is 2.64. The normalized spacial score (nSPS) is 10.6. The van der Waals surface area contributed by atoms with Crippen LogP contribution >= 0.6 is 11.3 Å². The number of aryl methyl sites for hydroxylation is 1. The molecule has 1 aromatic rings. The van der Waals surface area contributed by atoms with Crippen molar-refractivity contribution < 1.29 is 19.8 Å². The second-order valence-corrected chi connectivity index (χ2v) is 4.51. The molecule has 1 heterocycles. The Morgan fingerprint density at radius 3 is 2.31 bits per heavy atom. The minimum Gasteiger partial charge on any atom is -0.481 e. The van der Waals surface area contributed by atoms with Crippen LogP contribution in [-0.2, 0) is 16.0 Å². The Morgan fingerprint density at radius 2 is 1.88 bits per heavy atom. The van der Waals surface area contributed by atoms with E-state index in [-0.39, 0.29) is 18.8 Å². The quantitative estimate of drug-likeness (QED) is 0.769. The summed E-state index contributed by atoms with van der Waals surface area (Å²) < 4.78 is 0. The number of hydrogen-bond donors (Lipinski definition) is 2. The molecule has 0 bridgehead atoms. The molecule has 4 nitrogen and oxygen atoms in total. The minimum atomic E-state index is -0.934. The topological polar surface area (TPSA) is 74.6 Å². The standard InChI is InChI=1S/C11H14O4S/c12-10(13)5-9(6-11(14)15)2-1-8-3-4-16-7-8/h3-4,7,9H,1-2,5-6H2,(H,12,13)(H,14,15). The zero-order valence-corrected chi connectivity index (χ0v) is 9.57. The molecule has 0 amide bonds. The van der Waals surface area contributed by atoms with E-state index in [1.54, 1.807) is 11.3 Å². The van der Waals surface area contributed by atoms with Crippen molar-refractivity contribution in [3.63, 3.8) is 0 Å². The summed E-state index contributed by atoms with van der Waals surface area (Å²) >= 11 is 1.59. The maximum atomic E-state index is 10.6. The summed E-state index contributed by atoms with van der Waals surface area (Å²) in [5, 5.41) is 21.3. The molecule has 0 aliphatic carbocycles. The molecule has 0 spiro atoms. The summed E-state index contributed by atoms with van der Waals surface area (Å²) in [6.45, 7) is 0. The minimum absolute atomic E-state index is 0.0730. The number of aliphatic carboxylic acids is 2. The van der Waals surface area contributed by atoms with Crippen LogP contribution < -0.4 is 0 Å². The van der Waals surface area contributed by atoms with E-state index in [2.05, 4.69) is 0 Å². The number of rotatable bonds is 7. The largest absolute Gasteiger partial charge is 0.481 e. The first-order chi connectivity index (χ1) is 7.58. The summed E-state index contributed by atoms with van der Waals surface area (Å²) in [6.07, 6.45) is 1.21. The highest BCUT2D eigenvalue weighted by molar-refractivity contribution is 7.07. The molecule has 0 unspecified atom stereocenters. The Hall–Kier alpha value is -1.36. The maximum Gasteiger partial charge on any atom is 0.303 e. The summed E-state index contributed by atoms with van der Waals surface area (Å²) in [5.74, 6) is -2.15. The average molecular weight is 242 g/mol. The number of carboxylic acids is 2. The predicted molar refractivity (Wildman–Crippen MR) is 60.6 cm³/mol. The Kier molecular flexibility index (Phi) is 4.98. The van der Waals surface area contributed by atoms with Gasteiger partial charge in [0, 0.05) is 12.8 Å². The van der Waals surface area contributed by atoms with Crippen LogP contribution in [0.4, 0.5) is 0 Å². The van der Waals surface area contributed by atoms with Crippen molar-refractivity contribution in [3.05, 3.63) is 22.4 Å². The molecule has 5 heteroatoms. The summed E-state index contributed by atoms with van der Waals surface area (Å²) in [4.78, 5) is 21.1. The fraction of sp³-hybridized carbons (Fsp3) is 0.455. The van der Waals surface area contributed by atoms with Crippen molar-refractivity contribution in [2.45, 2.75) is 25.7 Å². The molecule has 0 atom stereocenters. The highest BCUT2D eigenvalue weighted by Gasteiger charge is 2.16. The molecule has 0 aromatic carbocycles. The fourth-order valence-corrected chi connectivity index (χ4v) is 2.28. The Morgan fingerprint density at radius 1 is 1.25 bits per heavy atom. The lowest BCUT2D eigenvalue weighted by molar-refractivity contribution is -0.140. The van der Waals surface area contributed by atoms with Gasteiger partial charge in [0.1, 0.15) is 0 Å². The molecule has 1 rings (SSSR count). The number of carbonyl (C=O) groups is 2. The van der Waals surface area contributed by atoms with E-state index >= 15 is 0 Å². The fourth-order valence-electron chi connectivity index (χ4n) is 1.58. The van der Waals surface area contributed by atoms with Gasteiger partial charge in [0.15, 0.2) is 0 Å². The second-order valence-electron chi connectivity index (χ2n) is 3.73. The van der Waals surface area contributed by atoms with Crippen LogP contribution in [0.2, 0.25) is 0 Å². The summed E-state index contributed by atoms with van der Waals surface area (Å²) in [5.41, 5.74) is 1.14. The van der Waals surface area contributed by atoms with Gasteiger partial charge in [0.05, 0.1) is 0 Å². The monoisotopic (exact) mass is 242 g/mol. The maximum absolute atomic E-state index is 10.6. The van der Waals surface area contributed by atoms with E-state index in [0.29, 0.717) is 6.42 Å². The van der Waals surface area contributed by atoms with Crippen LogP contribution in [-0.4, -0.2) is 22.2 Å². The van der Waals surface area contributed by atoms with Gasteiger partial charge in [0.25, 0.3) is 0 Å². The lowest BCUT2D eigenvalue weighted by Crippen LogP contribution is -2.13. The van der Waals surface area contributed by atoms with Crippen LogP contribution in [0.15, 0.2) is 16.8 Å². The third-order valence-corrected chi connectivity index (χ3v) is 3.08. The molecule has 0 saturated carbocycles. The highest BCUT2D eigenvalue weighted by atomic mass is 32.1. The first-order valence-electron chi connectivity index (χ1n) is 5.02. The van der Waals surface area contributed by atoms with E-state index in [0.717, 1.165) is 12.0 Å². The SMILES string of the molecule is O=C(O)CC(CCc1ccsc1)CC(=O)O. The van der Waals surface area contributed by atoms with Gasteiger partial charge in [-0.3, -0.25) is 9.59 Å². The Balaban J connectivity index is 2.43. The van der Waals surface area contributed by atoms with E-state index in [4.69, 9.17) is 10.2 Å². The van der Waals surface area contributed by atoms with Gasteiger partial charge in [-0.25, -0.2) is 0 Å². The van der Waals surface area contributed by atoms with Gasteiger partial charge >= 0.3 is 11.9 Å². The van der Waals surface area contributed by atoms with Crippen LogP contribution in [0.3, 0.4) is 0 Å². The molecule has 16 heavy (non-hydrogen) atoms. The van der Waals surface area contributed by atoms with Crippen LogP contribution in [0.25, 0.3) is 0 Å². The van der Waals surface area contributed by atoms with Gasteiger partial charge in [-0.15, -0.1) is 0 Å². The highest BCUT2D eigenvalue weighted by Crippen LogP contribution is 2.18. The van der Waals surface area contributed by atoms with Crippen molar-refractivity contribution in [1.29, 1.82) is 0 Å². The van der Waals surface area contributed by atoms with Crippen molar-refractivity contribution in [2.24, 2.45) is 5.92 Å². The van der Waals surface area contributed by atoms with E-state index in [1.165, 1.54) is 0 Å². The third-order valence-electron chi connectivity index (χ3n) is 2.35. The molecule has 0 fully saturated rings. The van der Waals surface area contributed by atoms with Gasteiger partial charge in [0.2, 0.25) is 0 Å². The lowest BCUT2D eigenvalue weighted by Gasteiger charge is -2.11. The van der Waals surface area contributed by atoms with E-state index in [9.17, 15) is 9.59 Å². The molecular formula is C11H14O4S. The smallest absolute Gasteiger partial charge is 0.303 e. The second kappa shape index (κ2) is 6.27. The molecule has 0 radical (unpaired) electrons. The molecule has 0 aliphatic rings. The Labute approximate surface area is 97.5 Å². The molecule has 1 aromatic heterocycles. The van der Waals surface area contributed by atoms with Crippen LogP contribution in [0.1, 0.15) is 24.8 Å². The van der Waals surface area contributed by atoms with Crippen molar-refractivity contribution in [3.8, 4) is 0 Å². The Bertz CT molecular complexity index is 329. The van der Waals surface area contributed by atoms with Gasteiger partial charge in [-0.05, 0) is 41.1 Å². The summed E-state index contributed by atoms with van der Waals surface area (Å²) in [6, 6.07) is 1.98. The number of thiophene rings is 1. The number of carboxylic acid groups (broad SMARTS) is 2. The predicted octanol–water partition coefficient (Wildman–Crippen LogP) is 2.25. The first kappa shape index (κ1) is 12.7. The van der Waals surface area contributed by atoms with Crippen LogP contribution in [0.5, 0.6) is 0 Å². The zero-order valence-electron chi connectivity index (χ0n) is 8.76. The van der Waals surface area contributed by atoms with Gasteiger partial charge in [-0.2, -0.15) is 11.3 Å². The molecule has 0 aliphatic heterocycles. The van der Waals surface area contributed by atoms with Crippen molar-refractivity contribution >= 4 is 23.3 Å². The lowest BCUT2D eigenvalue weighted by atomic mass is 9.94. The molecule has 88 valence electrons. The number of hydrogen-bond acceptors (Lipinski definition) is 3. The van der Waals surface area contributed by atoms with Crippen molar-refractivity contribution in [2.75, 3.05) is 0 Å². The van der Waals surface area contributed by atoms with Gasteiger partial charge in [-0.1, -0.05) is 0 Å². The zero-order chi connectivity index (χ0) is 12.0. The third kappa shape index (κ3) is 4.93. The van der Waals surface area contributed by atoms with Crippen molar-refractivity contribution in [1.82, 2.24) is 0 Å². The molecule has 2 N–H and O–H groups in total. The molecule has 0 saturated heterocycles. The van der Waals surface area contributed by atoms with Gasteiger partial charge < -0.3 is 10.2 Å². The van der Waals surface area contributed by atoms with E-state index in [1.807, 2.05) is 16.8 Å². The first-order valence-corrected chi connectivity index (χ1v) is 5.97. The van der Waals surface area contributed by atoms with E-state index < -0.39 is 11.9 Å².